The van der Waals surface area contributed by atoms with Crippen molar-refractivity contribution in [1.82, 2.24) is 4.90 Å². The Morgan fingerprint density at radius 2 is 1.85 bits per heavy atom. The Balaban J connectivity index is 2.51. The number of hydrogen-bond donors (Lipinski definition) is 0. The molecular weight excluding hydrogens is 250 g/mol. The second kappa shape index (κ2) is 9.67. The summed E-state index contributed by atoms with van der Waals surface area (Å²) >= 11 is 0. The second-order valence-corrected chi connectivity index (χ2v) is 4.94. The Morgan fingerprint density at radius 1 is 1.15 bits per heavy atom. The Morgan fingerprint density at radius 3 is 2.40 bits per heavy atom. The average molecular weight is 277 g/mol. The van der Waals surface area contributed by atoms with Crippen LogP contribution in [0.2, 0.25) is 0 Å². The molecule has 3 nitrogen and oxygen atoms in total. The van der Waals surface area contributed by atoms with Crippen LogP contribution in [0.1, 0.15) is 43.1 Å². The third-order valence-electron chi connectivity index (χ3n) is 3.38. The molecule has 112 valence electrons. The number of nitrogens with zero attached hydrogens (tertiary/aromatic N) is 1. The van der Waals surface area contributed by atoms with Gasteiger partial charge in [0.15, 0.2) is 5.78 Å². The van der Waals surface area contributed by atoms with Crippen LogP contribution in [0.4, 0.5) is 0 Å². The molecule has 0 N–H and O–H groups in total. The highest BCUT2D eigenvalue weighted by Crippen LogP contribution is 2.08. The normalized spacial score (nSPS) is 11.0. The number of hydrogen-bond acceptors (Lipinski definition) is 3. The zero-order valence-electron chi connectivity index (χ0n) is 13.0. The largest absolute Gasteiger partial charge is 0.380 e. The maximum Gasteiger partial charge on any atom is 0.176 e. The summed E-state index contributed by atoms with van der Waals surface area (Å²) < 4.78 is 5.34. The molecule has 1 rings (SSSR count). The summed E-state index contributed by atoms with van der Waals surface area (Å²) in [6.07, 6.45) is 2.21. The molecule has 1 aromatic carbocycles. The van der Waals surface area contributed by atoms with Gasteiger partial charge in [-0.2, -0.15) is 0 Å². The highest BCUT2D eigenvalue weighted by molar-refractivity contribution is 5.97. The highest BCUT2D eigenvalue weighted by atomic mass is 16.5. The van der Waals surface area contributed by atoms with E-state index in [9.17, 15) is 4.79 Å². The Bertz CT molecular complexity index is 386. The van der Waals surface area contributed by atoms with E-state index in [0.717, 1.165) is 38.1 Å². The molecule has 0 saturated carbocycles. The smallest absolute Gasteiger partial charge is 0.176 e. The maximum atomic E-state index is 12.2. The zero-order chi connectivity index (χ0) is 14.8. The number of carbonyl (C=O) groups is 1. The van der Waals surface area contributed by atoms with E-state index in [4.69, 9.17) is 4.74 Å². The number of benzene rings is 1. The van der Waals surface area contributed by atoms with E-state index in [-0.39, 0.29) is 5.78 Å². The first-order chi connectivity index (χ1) is 9.71. The molecule has 0 bridgehead atoms. The minimum absolute atomic E-state index is 0.186. The lowest BCUT2D eigenvalue weighted by Crippen LogP contribution is -2.32. The fraction of sp³-hybridized carbons (Fsp3) is 0.588. The standard InChI is InChI=1S/C17H27NO2/c1-4-7-15-8-10-16(11-9-15)17(19)14-18(5-2)12-13-20-6-3/h8-11H,4-7,12-14H2,1-3H3. The van der Waals surface area contributed by atoms with Gasteiger partial charge in [-0.1, -0.05) is 44.5 Å². The predicted octanol–water partition coefficient (Wildman–Crippen LogP) is 3.18. The molecule has 3 heteroatoms. The van der Waals surface area contributed by atoms with Crippen molar-refractivity contribution in [3.8, 4) is 0 Å². The lowest BCUT2D eigenvalue weighted by atomic mass is 10.1. The third-order valence-corrected chi connectivity index (χ3v) is 3.38. The molecule has 0 aliphatic carbocycles. The van der Waals surface area contributed by atoms with Crippen molar-refractivity contribution < 1.29 is 9.53 Å². The van der Waals surface area contributed by atoms with Crippen LogP contribution in [0.25, 0.3) is 0 Å². The molecule has 20 heavy (non-hydrogen) atoms. The molecule has 0 unspecified atom stereocenters. The summed E-state index contributed by atoms with van der Waals surface area (Å²) in [5, 5.41) is 0. The molecule has 1 aromatic rings. The van der Waals surface area contributed by atoms with Gasteiger partial charge in [-0.25, -0.2) is 0 Å². The van der Waals surface area contributed by atoms with E-state index in [1.807, 2.05) is 19.1 Å². The van der Waals surface area contributed by atoms with E-state index >= 15 is 0 Å². The van der Waals surface area contributed by atoms with Crippen LogP contribution < -0.4 is 0 Å². The summed E-state index contributed by atoms with van der Waals surface area (Å²) in [4.78, 5) is 14.4. The van der Waals surface area contributed by atoms with E-state index in [0.29, 0.717) is 13.2 Å². The predicted molar refractivity (Wildman–Crippen MR) is 83.4 cm³/mol. The van der Waals surface area contributed by atoms with Gasteiger partial charge in [-0.15, -0.1) is 0 Å². The van der Waals surface area contributed by atoms with Crippen LogP contribution >= 0.6 is 0 Å². The average Bonchev–Trinajstić information content (AvgIpc) is 2.47. The van der Waals surface area contributed by atoms with Gasteiger partial charge in [-0.05, 0) is 25.5 Å². The van der Waals surface area contributed by atoms with Gasteiger partial charge >= 0.3 is 0 Å². The number of likely N-dealkylation sites (N-methyl/N-ethyl adjacent to an activating group) is 1. The Labute approximate surface area is 122 Å². The van der Waals surface area contributed by atoms with Crippen molar-refractivity contribution in [3.05, 3.63) is 35.4 Å². The molecule has 0 spiro atoms. The molecule has 0 aliphatic heterocycles. The van der Waals surface area contributed by atoms with Crippen LogP contribution in [-0.4, -0.2) is 43.5 Å². The molecule has 0 atom stereocenters. The summed E-state index contributed by atoms with van der Waals surface area (Å²) in [6.45, 7) is 9.78. The molecule has 0 heterocycles. The summed E-state index contributed by atoms with van der Waals surface area (Å²) in [6, 6.07) is 8.02. The molecule has 0 radical (unpaired) electrons. The van der Waals surface area contributed by atoms with Crippen LogP contribution in [0.5, 0.6) is 0 Å². The van der Waals surface area contributed by atoms with Gasteiger partial charge < -0.3 is 4.74 Å². The maximum absolute atomic E-state index is 12.2. The minimum atomic E-state index is 0.186. The van der Waals surface area contributed by atoms with E-state index in [1.165, 1.54) is 5.56 Å². The van der Waals surface area contributed by atoms with Crippen molar-refractivity contribution in [2.45, 2.75) is 33.6 Å². The lowest BCUT2D eigenvalue weighted by molar-refractivity contribution is 0.0867. The molecular formula is C17H27NO2. The number of rotatable bonds is 10. The Kier molecular flexibility index (Phi) is 8.16. The van der Waals surface area contributed by atoms with Crippen LogP contribution in [-0.2, 0) is 11.2 Å². The van der Waals surface area contributed by atoms with Gasteiger partial charge in [0.2, 0.25) is 0 Å². The first kappa shape index (κ1) is 16.9. The number of ketones is 1. The fourth-order valence-corrected chi connectivity index (χ4v) is 2.13. The number of ether oxygens (including phenoxy) is 1. The highest BCUT2D eigenvalue weighted by Gasteiger charge is 2.11. The van der Waals surface area contributed by atoms with E-state index in [2.05, 4.69) is 30.9 Å². The van der Waals surface area contributed by atoms with E-state index < -0.39 is 0 Å². The van der Waals surface area contributed by atoms with Crippen molar-refractivity contribution in [2.75, 3.05) is 32.8 Å². The van der Waals surface area contributed by atoms with Gasteiger partial charge in [0.25, 0.3) is 0 Å². The zero-order valence-corrected chi connectivity index (χ0v) is 13.0. The fourth-order valence-electron chi connectivity index (χ4n) is 2.13. The SMILES string of the molecule is CCCc1ccc(C(=O)CN(CC)CCOCC)cc1. The molecule has 0 aliphatic rings. The molecule has 0 saturated heterocycles. The third kappa shape index (κ3) is 5.85. The van der Waals surface area contributed by atoms with Gasteiger partial charge in [0.05, 0.1) is 13.2 Å². The summed E-state index contributed by atoms with van der Waals surface area (Å²) in [5.41, 5.74) is 2.10. The first-order valence-corrected chi connectivity index (χ1v) is 7.63. The van der Waals surface area contributed by atoms with Crippen LogP contribution in [0, 0.1) is 0 Å². The lowest BCUT2D eigenvalue weighted by Gasteiger charge is -2.19. The molecule has 0 aromatic heterocycles. The summed E-state index contributed by atoms with van der Waals surface area (Å²) in [7, 11) is 0. The van der Waals surface area contributed by atoms with Crippen molar-refractivity contribution in [3.63, 3.8) is 0 Å². The van der Waals surface area contributed by atoms with Crippen molar-refractivity contribution in [1.29, 1.82) is 0 Å². The van der Waals surface area contributed by atoms with E-state index in [1.54, 1.807) is 0 Å². The van der Waals surface area contributed by atoms with Crippen molar-refractivity contribution >= 4 is 5.78 Å². The van der Waals surface area contributed by atoms with Crippen molar-refractivity contribution in [2.24, 2.45) is 0 Å². The molecule has 0 amide bonds. The van der Waals surface area contributed by atoms with Gasteiger partial charge in [0.1, 0.15) is 0 Å². The second-order valence-electron chi connectivity index (χ2n) is 4.94. The van der Waals surface area contributed by atoms with Crippen LogP contribution in [0.15, 0.2) is 24.3 Å². The van der Waals surface area contributed by atoms with Crippen LogP contribution in [0.3, 0.4) is 0 Å². The quantitative estimate of drug-likeness (QED) is 0.486. The first-order valence-electron chi connectivity index (χ1n) is 7.63. The van der Waals surface area contributed by atoms with Gasteiger partial charge in [0, 0.05) is 18.7 Å². The minimum Gasteiger partial charge on any atom is -0.380 e. The Hall–Kier alpha value is -1.19. The monoisotopic (exact) mass is 277 g/mol. The topological polar surface area (TPSA) is 29.5 Å². The molecule has 0 fully saturated rings. The van der Waals surface area contributed by atoms with Gasteiger partial charge in [-0.3, -0.25) is 9.69 Å². The number of aryl methyl sites for hydroxylation is 1. The number of carbonyl (C=O) groups excluding carboxylic acids is 1. The summed E-state index contributed by atoms with van der Waals surface area (Å²) in [5.74, 6) is 0.186. The number of Topliss-reactive ketones (excluding diaryl/α,β-unsaturated/α-hetero) is 1.